The van der Waals surface area contributed by atoms with E-state index in [1.54, 1.807) is 43.5 Å². The highest BCUT2D eigenvalue weighted by Gasteiger charge is 2.24. The van der Waals surface area contributed by atoms with E-state index >= 15 is 0 Å². The quantitative estimate of drug-likeness (QED) is 0.318. The summed E-state index contributed by atoms with van der Waals surface area (Å²) in [6.45, 7) is 2.46. The highest BCUT2D eigenvalue weighted by atomic mass is 35.5. The minimum atomic E-state index is -0.551. The molecule has 162 valence electrons. The smallest absolute Gasteiger partial charge is 0.363 e. The molecule has 3 aromatic rings. The molecule has 1 aliphatic rings. The molecule has 1 heterocycles. The van der Waals surface area contributed by atoms with E-state index in [4.69, 9.17) is 37.4 Å². The van der Waals surface area contributed by atoms with Crippen LogP contribution in [0.25, 0.3) is 6.08 Å². The van der Waals surface area contributed by atoms with Crippen LogP contribution in [0.1, 0.15) is 22.3 Å². The molecule has 0 N–H and O–H groups in total. The highest BCUT2D eigenvalue weighted by Crippen LogP contribution is 2.31. The summed E-state index contributed by atoms with van der Waals surface area (Å²) in [6.07, 6.45) is 1.62. The van der Waals surface area contributed by atoms with Gasteiger partial charge in [0.05, 0.1) is 17.2 Å². The second-order valence-electron chi connectivity index (χ2n) is 7.15. The Kier molecular flexibility index (Phi) is 6.49. The van der Waals surface area contributed by atoms with Crippen molar-refractivity contribution < 1.29 is 19.0 Å². The summed E-state index contributed by atoms with van der Waals surface area (Å²) in [6, 6.07) is 18.4. The summed E-state index contributed by atoms with van der Waals surface area (Å²) in [5.41, 5.74) is 3.70. The number of aliphatic imine (C=N–C) groups is 1. The van der Waals surface area contributed by atoms with E-state index in [9.17, 15) is 4.79 Å². The molecule has 0 radical (unpaired) electrons. The number of hydrogen-bond acceptors (Lipinski definition) is 5. The molecule has 0 bridgehead atoms. The first-order chi connectivity index (χ1) is 15.4. The van der Waals surface area contributed by atoms with Crippen molar-refractivity contribution in [3.8, 4) is 11.5 Å². The van der Waals surface area contributed by atoms with Gasteiger partial charge in [-0.3, -0.25) is 0 Å². The van der Waals surface area contributed by atoms with Crippen molar-refractivity contribution in [1.29, 1.82) is 0 Å². The molecule has 0 aliphatic carbocycles. The molecule has 7 heteroatoms. The summed E-state index contributed by atoms with van der Waals surface area (Å²) in [4.78, 5) is 16.6. The van der Waals surface area contributed by atoms with Crippen LogP contribution in [-0.4, -0.2) is 19.0 Å². The molecule has 0 unspecified atom stereocenters. The van der Waals surface area contributed by atoms with E-state index in [-0.39, 0.29) is 11.6 Å². The number of halogens is 2. The average molecular weight is 468 g/mol. The van der Waals surface area contributed by atoms with E-state index in [2.05, 4.69) is 4.99 Å². The van der Waals surface area contributed by atoms with Crippen LogP contribution >= 0.6 is 23.2 Å². The molecule has 32 heavy (non-hydrogen) atoms. The third kappa shape index (κ3) is 4.96. The van der Waals surface area contributed by atoms with Crippen molar-refractivity contribution in [3.63, 3.8) is 0 Å². The number of aryl methyl sites for hydroxylation is 1. The minimum Gasteiger partial charge on any atom is -0.493 e. The third-order valence-electron chi connectivity index (χ3n) is 4.79. The lowest BCUT2D eigenvalue weighted by Crippen LogP contribution is -2.05. The predicted molar refractivity (Wildman–Crippen MR) is 126 cm³/mol. The summed E-state index contributed by atoms with van der Waals surface area (Å²) in [5, 5.41) is 0.763. The molecule has 0 amide bonds. The molecule has 0 saturated heterocycles. The molecular weight excluding hydrogens is 449 g/mol. The number of carbonyl (C=O) groups excluding carboxylic acids is 1. The van der Waals surface area contributed by atoms with Crippen molar-refractivity contribution in [2.45, 2.75) is 13.5 Å². The number of hydrogen-bond donors (Lipinski definition) is 0. The molecule has 1 aliphatic heterocycles. The molecule has 0 saturated carbocycles. The van der Waals surface area contributed by atoms with Gasteiger partial charge in [0.15, 0.2) is 17.2 Å². The summed E-state index contributed by atoms with van der Waals surface area (Å²) >= 11 is 12.0. The van der Waals surface area contributed by atoms with Gasteiger partial charge in [-0.2, -0.15) is 0 Å². The number of esters is 1. The summed E-state index contributed by atoms with van der Waals surface area (Å²) in [5.74, 6) is 0.769. The van der Waals surface area contributed by atoms with Crippen LogP contribution < -0.4 is 9.47 Å². The average Bonchev–Trinajstić information content (AvgIpc) is 3.15. The fourth-order valence-corrected chi connectivity index (χ4v) is 3.36. The number of rotatable bonds is 6. The minimum absolute atomic E-state index is 0.168. The molecule has 0 spiro atoms. The topological polar surface area (TPSA) is 57.1 Å². The van der Waals surface area contributed by atoms with Gasteiger partial charge in [-0.1, -0.05) is 59.1 Å². The van der Waals surface area contributed by atoms with Crippen molar-refractivity contribution in [2.24, 2.45) is 4.99 Å². The fraction of sp³-hybridized carbons (Fsp3) is 0.120. The largest absolute Gasteiger partial charge is 0.493 e. The number of nitrogens with zero attached hydrogens (tertiary/aromatic N) is 1. The van der Waals surface area contributed by atoms with Gasteiger partial charge in [-0.15, -0.1) is 0 Å². The first-order valence-electron chi connectivity index (χ1n) is 9.77. The number of methoxy groups -OCH3 is 1. The van der Waals surface area contributed by atoms with Crippen LogP contribution in [0.3, 0.4) is 0 Å². The summed E-state index contributed by atoms with van der Waals surface area (Å²) < 4.78 is 16.7. The Labute approximate surface area is 195 Å². The van der Waals surface area contributed by atoms with Crippen molar-refractivity contribution in [1.82, 2.24) is 0 Å². The lowest BCUT2D eigenvalue weighted by atomic mass is 10.1. The fourth-order valence-electron chi connectivity index (χ4n) is 3.06. The lowest BCUT2D eigenvalue weighted by molar-refractivity contribution is -0.129. The van der Waals surface area contributed by atoms with Gasteiger partial charge < -0.3 is 14.2 Å². The number of benzene rings is 3. The Balaban J connectivity index is 1.54. The highest BCUT2D eigenvalue weighted by molar-refractivity contribution is 6.42. The van der Waals surface area contributed by atoms with E-state index in [1.165, 1.54) is 5.56 Å². The van der Waals surface area contributed by atoms with Gasteiger partial charge >= 0.3 is 5.97 Å². The van der Waals surface area contributed by atoms with Gasteiger partial charge in [0.2, 0.25) is 5.90 Å². The van der Waals surface area contributed by atoms with E-state index in [0.717, 1.165) is 11.1 Å². The maximum atomic E-state index is 12.3. The van der Waals surface area contributed by atoms with Gasteiger partial charge in [0.1, 0.15) is 6.61 Å². The predicted octanol–water partition coefficient (Wildman–Crippen LogP) is 6.23. The molecule has 5 nitrogen and oxygen atoms in total. The zero-order valence-corrected chi connectivity index (χ0v) is 18.9. The van der Waals surface area contributed by atoms with Crippen LogP contribution in [0.2, 0.25) is 10.0 Å². The zero-order valence-electron chi connectivity index (χ0n) is 17.4. The number of ether oxygens (including phenoxy) is 3. The normalized spacial score (nSPS) is 14.3. The van der Waals surface area contributed by atoms with Crippen LogP contribution in [0.15, 0.2) is 71.4 Å². The number of carbonyl (C=O) groups is 1. The van der Waals surface area contributed by atoms with E-state index in [1.807, 2.05) is 37.3 Å². The first-order valence-corrected chi connectivity index (χ1v) is 10.5. The molecule has 3 aromatic carbocycles. The second-order valence-corrected chi connectivity index (χ2v) is 7.96. The van der Waals surface area contributed by atoms with Crippen LogP contribution in [0, 0.1) is 6.92 Å². The Morgan fingerprint density at radius 3 is 2.47 bits per heavy atom. The van der Waals surface area contributed by atoms with Crippen LogP contribution in [0.4, 0.5) is 0 Å². The van der Waals surface area contributed by atoms with E-state index in [0.29, 0.717) is 33.7 Å². The van der Waals surface area contributed by atoms with Crippen molar-refractivity contribution in [3.05, 3.63) is 98.7 Å². The zero-order chi connectivity index (χ0) is 22.7. The Morgan fingerprint density at radius 2 is 1.75 bits per heavy atom. The molecule has 4 rings (SSSR count). The maximum Gasteiger partial charge on any atom is 0.363 e. The molecular formula is C25H19Cl2NO4. The van der Waals surface area contributed by atoms with Gasteiger partial charge in [0, 0.05) is 5.56 Å². The lowest BCUT2D eigenvalue weighted by Gasteiger charge is -2.11. The Morgan fingerprint density at radius 1 is 0.969 bits per heavy atom. The maximum absolute atomic E-state index is 12.3. The SMILES string of the molecule is COc1cc(C=C2N=C(c3ccc(Cl)c(Cl)c3)OC2=O)ccc1OCc1ccc(C)cc1. The molecule has 0 atom stereocenters. The van der Waals surface area contributed by atoms with Crippen LogP contribution in [-0.2, 0) is 16.1 Å². The molecule has 0 aromatic heterocycles. The van der Waals surface area contributed by atoms with Crippen molar-refractivity contribution in [2.75, 3.05) is 7.11 Å². The van der Waals surface area contributed by atoms with Gasteiger partial charge in [0.25, 0.3) is 0 Å². The van der Waals surface area contributed by atoms with Gasteiger partial charge in [-0.05, 0) is 54.5 Å². The Bertz CT molecular complexity index is 1230. The van der Waals surface area contributed by atoms with Crippen molar-refractivity contribution >= 4 is 41.1 Å². The number of cyclic esters (lactones) is 1. The van der Waals surface area contributed by atoms with E-state index < -0.39 is 5.97 Å². The first kappa shape index (κ1) is 21.9. The van der Waals surface area contributed by atoms with Crippen LogP contribution in [0.5, 0.6) is 11.5 Å². The Hall–Kier alpha value is -3.28. The third-order valence-corrected chi connectivity index (χ3v) is 5.53. The standard InChI is InChI=1S/C25H19Cl2NO4/c1-15-3-5-16(6-4-15)14-31-22-10-7-17(12-23(22)30-2)11-21-25(29)32-24(28-21)18-8-9-19(26)20(27)13-18/h3-13H,14H2,1-2H3. The molecule has 0 fully saturated rings. The van der Waals surface area contributed by atoms with Gasteiger partial charge in [-0.25, -0.2) is 9.79 Å². The second kappa shape index (κ2) is 9.47. The summed E-state index contributed by atoms with van der Waals surface area (Å²) in [7, 11) is 1.56. The monoisotopic (exact) mass is 467 g/mol.